The van der Waals surface area contributed by atoms with Crippen molar-refractivity contribution in [2.45, 2.75) is 25.8 Å². The third kappa shape index (κ3) is 3.15. The van der Waals surface area contributed by atoms with Crippen molar-refractivity contribution >= 4 is 23.5 Å². The monoisotopic (exact) mass is 307 g/mol. The number of nitrogen functional groups attached to an aromatic ring is 1. The maximum Gasteiger partial charge on any atom is 0.344 e. The lowest BCUT2D eigenvalue weighted by Crippen LogP contribution is -2.10. The first-order valence-electron chi connectivity index (χ1n) is 6.55. The summed E-state index contributed by atoms with van der Waals surface area (Å²) in [7, 11) is 0. The highest BCUT2D eigenvalue weighted by molar-refractivity contribution is 7.99. The lowest BCUT2D eigenvalue weighted by Gasteiger charge is -2.04. The minimum Gasteiger partial charge on any atom is -0.462 e. The van der Waals surface area contributed by atoms with E-state index in [1.54, 1.807) is 13.0 Å². The minimum atomic E-state index is -0.469. The number of anilines is 1. The van der Waals surface area contributed by atoms with E-state index in [-0.39, 0.29) is 12.4 Å². The Morgan fingerprint density at radius 2 is 2.19 bits per heavy atom. The Bertz CT molecular complexity index is 656. The highest BCUT2D eigenvalue weighted by Crippen LogP contribution is 2.28. The van der Waals surface area contributed by atoms with E-state index in [1.165, 1.54) is 22.8 Å². The minimum absolute atomic E-state index is 0.225. The largest absolute Gasteiger partial charge is 0.462 e. The molecule has 0 amide bonds. The zero-order valence-corrected chi connectivity index (χ0v) is 13.0. The van der Waals surface area contributed by atoms with Gasteiger partial charge in [0.2, 0.25) is 0 Å². The van der Waals surface area contributed by atoms with Crippen LogP contribution in [0.25, 0.3) is 5.82 Å². The fourth-order valence-electron chi connectivity index (χ4n) is 1.77. The van der Waals surface area contributed by atoms with Crippen LogP contribution in [0, 0.1) is 6.92 Å². The van der Waals surface area contributed by atoms with Crippen LogP contribution in [0.1, 0.15) is 29.9 Å². The third-order valence-corrected chi connectivity index (χ3v) is 3.50. The molecule has 2 aromatic heterocycles. The Morgan fingerprint density at radius 3 is 2.81 bits per heavy atom. The first-order valence-corrected chi connectivity index (χ1v) is 7.54. The Morgan fingerprint density at radius 1 is 1.43 bits per heavy atom. The molecule has 0 radical (unpaired) electrons. The molecule has 2 N–H and O–H groups in total. The van der Waals surface area contributed by atoms with Crippen molar-refractivity contribution in [3.8, 4) is 5.82 Å². The van der Waals surface area contributed by atoms with Gasteiger partial charge >= 0.3 is 5.97 Å². The lowest BCUT2D eigenvalue weighted by atomic mass is 10.3. The van der Waals surface area contributed by atoms with E-state index in [9.17, 15) is 4.79 Å². The van der Waals surface area contributed by atoms with Crippen molar-refractivity contribution in [1.82, 2.24) is 19.7 Å². The third-order valence-electron chi connectivity index (χ3n) is 2.66. The Kier molecular flexibility index (Phi) is 4.79. The zero-order valence-electron chi connectivity index (χ0n) is 12.2. The number of ether oxygens (including phenoxy) is 1. The van der Waals surface area contributed by atoms with Crippen LogP contribution in [0.4, 0.5) is 5.82 Å². The molecule has 0 unspecified atom stereocenters. The van der Waals surface area contributed by atoms with Crippen LogP contribution in [0.5, 0.6) is 0 Å². The lowest BCUT2D eigenvalue weighted by molar-refractivity contribution is 0.0523. The molecule has 0 fully saturated rings. The maximum absolute atomic E-state index is 12.1. The summed E-state index contributed by atoms with van der Waals surface area (Å²) in [6.07, 6.45) is 1.43. The molecule has 8 heteroatoms. The Balaban J connectivity index is 2.53. The van der Waals surface area contributed by atoms with Gasteiger partial charge in [-0.25, -0.2) is 14.8 Å². The van der Waals surface area contributed by atoms with Gasteiger partial charge < -0.3 is 10.5 Å². The van der Waals surface area contributed by atoms with Crippen molar-refractivity contribution in [3.63, 3.8) is 0 Å². The summed E-state index contributed by atoms with van der Waals surface area (Å²) in [5, 5.41) is 4.92. The number of nitrogens with two attached hydrogens (primary N) is 1. The van der Waals surface area contributed by atoms with Gasteiger partial charge in [0.05, 0.1) is 6.61 Å². The predicted octanol–water partition coefficient (Wildman–Crippen LogP) is 1.84. The molecular weight excluding hydrogens is 290 g/mol. The predicted molar refractivity (Wildman–Crippen MR) is 80.7 cm³/mol. The molecule has 0 saturated heterocycles. The van der Waals surface area contributed by atoms with Gasteiger partial charge in [-0.3, -0.25) is 0 Å². The average Bonchev–Trinajstić information content (AvgIpc) is 2.76. The summed E-state index contributed by atoms with van der Waals surface area (Å²) in [6.45, 7) is 5.85. The summed E-state index contributed by atoms with van der Waals surface area (Å²) in [6, 6.07) is 1.75. The number of aromatic nitrogens is 4. The molecule has 0 bridgehead atoms. The summed E-state index contributed by atoms with van der Waals surface area (Å²) >= 11 is 1.43. The smallest absolute Gasteiger partial charge is 0.344 e. The highest BCUT2D eigenvalue weighted by Gasteiger charge is 2.24. The Labute approximate surface area is 126 Å². The zero-order chi connectivity index (χ0) is 15.4. The number of aryl methyl sites for hydroxylation is 1. The summed E-state index contributed by atoms with van der Waals surface area (Å²) in [5.74, 6) is 1.05. The van der Waals surface area contributed by atoms with Crippen molar-refractivity contribution in [2.24, 2.45) is 0 Å². The summed E-state index contributed by atoms with van der Waals surface area (Å²) in [4.78, 5) is 20.2. The fourth-order valence-corrected chi connectivity index (χ4v) is 2.52. The van der Waals surface area contributed by atoms with Crippen LogP contribution in [-0.2, 0) is 4.74 Å². The van der Waals surface area contributed by atoms with Gasteiger partial charge in [0, 0.05) is 11.8 Å². The molecule has 0 aliphatic heterocycles. The van der Waals surface area contributed by atoms with Crippen molar-refractivity contribution in [2.75, 3.05) is 18.1 Å². The number of hydrogen-bond donors (Lipinski definition) is 1. The normalized spacial score (nSPS) is 10.6. The number of hydrogen-bond acceptors (Lipinski definition) is 7. The Hall–Kier alpha value is -2.09. The molecule has 2 rings (SSSR count). The maximum atomic E-state index is 12.1. The van der Waals surface area contributed by atoms with Gasteiger partial charge in [-0.15, -0.1) is 11.8 Å². The van der Waals surface area contributed by atoms with E-state index < -0.39 is 5.97 Å². The molecular formula is C13H17N5O2S. The van der Waals surface area contributed by atoms with Gasteiger partial charge in [0.1, 0.15) is 22.7 Å². The van der Waals surface area contributed by atoms with Gasteiger partial charge in [-0.1, -0.05) is 6.92 Å². The summed E-state index contributed by atoms with van der Waals surface area (Å²) in [5.41, 5.74) is 7.15. The van der Waals surface area contributed by atoms with Crippen molar-refractivity contribution in [3.05, 3.63) is 23.7 Å². The molecule has 0 spiro atoms. The molecule has 2 heterocycles. The van der Waals surface area contributed by atoms with Crippen LogP contribution in [0.2, 0.25) is 0 Å². The number of rotatable bonds is 5. The van der Waals surface area contributed by atoms with Gasteiger partial charge in [0.25, 0.3) is 0 Å². The van der Waals surface area contributed by atoms with Crippen LogP contribution >= 0.6 is 11.8 Å². The molecule has 0 saturated carbocycles. The topological polar surface area (TPSA) is 95.9 Å². The first kappa shape index (κ1) is 15.3. The quantitative estimate of drug-likeness (QED) is 0.665. The number of thioether (sulfide) groups is 1. The van der Waals surface area contributed by atoms with E-state index in [4.69, 9.17) is 10.5 Å². The van der Waals surface area contributed by atoms with Gasteiger partial charge in [-0.2, -0.15) is 9.78 Å². The molecule has 0 aliphatic carbocycles. The van der Waals surface area contributed by atoms with Gasteiger partial charge in [-0.05, 0) is 19.6 Å². The van der Waals surface area contributed by atoms with E-state index in [0.29, 0.717) is 16.4 Å². The van der Waals surface area contributed by atoms with E-state index in [0.717, 1.165) is 11.4 Å². The average molecular weight is 307 g/mol. The summed E-state index contributed by atoms with van der Waals surface area (Å²) < 4.78 is 6.49. The molecule has 0 aliphatic rings. The number of carbonyl (C=O) groups excluding carboxylic acids is 1. The van der Waals surface area contributed by atoms with Crippen LogP contribution in [-0.4, -0.2) is 38.1 Å². The van der Waals surface area contributed by atoms with Crippen molar-refractivity contribution < 1.29 is 9.53 Å². The molecule has 112 valence electrons. The van der Waals surface area contributed by atoms with E-state index in [1.807, 2.05) is 13.8 Å². The molecule has 0 aromatic carbocycles. The molecule has 0 atom stereocenters. The molecule has 7 nitrogen and oxygen atoms in total. The van der Waals surface area contributed by atoms with Crippen LogP contribution in [0.3, 0.4) is 0 Å². The number of carbonyl (C=O) groups is 1. The van der Waals surface area contributed by atoms with E-state index >= 15 is 0 Å². The van der Waals surface area contributed by atoms with Gasteiger partial charge in [0.15, 0.2) is 5.82 Å². The second-order valence-corrected chi connectivity index (χ2v) is 5.40. The fraction of sp³-hybridized carbons (Fsp3) is 0.385. The second kappa shape index (κ2) is 6.57. The molecule has 2 aromatic rings. The highest BCUT2D eigenvalue weighted by atomic mass is 32.2. The standard InChI is InChI=1S/C13H17N5O2S/c1-4-20-13(19)10-11(14)18(17-12(10)21-5-2)9-6-8(3)15-7-16-9/h6-7H,4-5,14H2,1-3H3. The van der Waals surface area contributed by atoms with Crippen LogP contribution in [0.15, 0.2) is 17.4 Å². The number of esters is 1. The van der Waals surface area contributed by atoms with Crippen LogP contribution < -0.4 is 5.73 Å². The van der Waals surface area contributed by atoms with E-state index in [2.05, 4.69) is 15.1 Å². The SMILES string of the molecule is CCOC(=O)c1c(SCC)nn(-c2cc(C)ncn2)c1N. The molecule has 21 heavy (non-hydrogen) atoms. The first-order chi connectivity index (χ1) is 10.1. The number of nitrogens with zero attached hydrogens (tertiary/aromatic N) is 4. The van der Waals surface area contributed by atoms with Crippen molar-refractivity contribution in [1.29, 1.82) is 0 Å². The second-order valence-electron chi connectivity index (χ2n) is 4.15.